The second kappa shape index (κ2) is 5.44. The van der Waals surface area contributed by atoms with Crippen molar-refractivity contribution in [2.24, 2.45) is 0 Å². The number of piperidine rings is 1. The van der Waals surface area contributed by atoms with E-state index in [-0.39, 0.29) is 18.7 Å². The monoisotopic (exact) mass is 314 g/mol. The van der Waals surface area contributed by atoms with Gasteiger partial charge in [0.1, 0.15) is 0 Å². The van der Waals surface area contributed by atoms with Gasteiger partial charge < -0.3 is 4.90 Å². The first-order chi connectivity index (χ1) is 11.2. The molecule has 0 aromatic carbocycles. The van der Waals surface area contributed by atoms with E-state index in [0.717, 1.165) is 18.5 Å². The van der Waals surface area contributed by atoms with Gasteiger partial charge in [-0.1, -0.05) is 6.07 Å². The second-order valence-electron chi connectivity index (χ2n) is 6.44. The fourth-order valence-corrected chi connectivity index (χ4v) is 3.27. The molecule has 0 bridgehead atoms. The van der Waals surface area contributed by atoms with Crippen LogP contribution in [-0.2, 0) is 5.67 Å². The van der Waals surface area contributed by atoms with Gasteiger partial charge in [-0.3, -0.25) is 14.9 Å². The van der Waals surface area contributed by atoms with Crippen LogP contribution in [0.4, 0.5) is 4.39 Å². The highest BCUT2D eigenvalue weighted by Crippen LogP contribution is 2.41. The van der Waals surface area contributed by atoms with Gasteiger partial charge in [0.05, 0.1) is 23.1 Å². The van der Waals surface area contributed by atoms with Crippen molar-refractivity contribution in [3.05, 3.63) is 47.5 Å². The number of nitrogens with one attached hydrogen (secondary N) is 1. The molecule has 1 saturated carbocycles. The molecule has 2 aliphatic rings. The standard InChI is InChI=1S/C17H19FN4O/c18-17(14-3-1-2-8-19-14)6-9-22(10-7-17)16(23)13-11-20-21-15(13)12-4-5-12/h1-3,8,11-12H,4-7,9-10H2,(H,20,21). The van der Waals surface area contributed by atoms with Crippen LogP contribution in [0.5, 0.6) is 0 Å². The average molecular weight is 314 g/mol. The van der Waals surface area contributed by atoms with Crippen LogP contribution in [0.3, 0.4) is 0 Å². The molecule has 2 aromatic rings. The summed E-state index contributed by atoms with van der Waals surface area (Å²) in [5.74, 6) is 0.402. The third kappa shape index (κ3) is 2.62. The van der Waals surface area contributed by atoms with Gasteiger partial charge in [-0.25, -0.2) is 4.39 Å². The Morgan fingerprint density at radius 1 is 1.30 bits per heavy atom. The second-order valence-corrected chi connectivity index (χ2v) is 6.44. The van der Waals surface area contributed by atoms with Gasteiger partial charge in [-0.15, -0.1) is 0 Å². The quantitative estimate of drug-likeness (QED) is 0.947. The molecule has 120 valence electrons. The lowest BCUT2D eigenvalue weighted by Gasteiger charge is -2.36. The molecule has 0 spiro atoms. The van der Waals surface area contributed by atoms with Gasteiger partial charge in [0, 0.05) is 38.0 Å². The number of nitrogens with zero attached hydrogens (tertiary/aromatic N) is 3. The molecule has 1 saturated heterocycles. The van der Waals surface area contributed by atoms with E-state index in [1.54, 1.807) is 35.5 Å². The van der Waals surface area contributed by atoms with Gasteiger partial charge in [-0.05, 0) is 25.0 Å². The van der Waals surface area contributed by atoms with E-state index in [1.807, 2.05) is 0 Å². The number of aromatic amines is 1. The maximum Gasteiger partial charge on any atom is 0.257 e. The Kier molecular flexibility index (Phi) is 3.39. The van der Waals surface area contributed by atoms with E-state index >= 15 is 4.39 Å². The minimum Gasteiger partial charge on any atom is -0.338 e. The van der Waals surface area contributed by atoms with E-state index in [2.05, 4.69) is 15.2 Å². The Morgan fingerprint density at radius 3 is 2.74 bits per heavy atom. The lowest BCUT2D eigenvalue weighted by atomic mass is 9.89. The van der Waals surface area contributed by atoms with Gasteiger partial charge in [0.15, 0.2) is 5.67 Å². The fourth-order valence-electron chi connectivity index (χ4n) is 3.27. The zero-order valence-electron chi connectivity index (χ0n) is 12.8. The zero-order valence-corrected chi connectivity index (χ0v) is 12.8. The SMILES string of the molecule is O=C(c1cn[nH]c1C1CC1)N1CCC(F)(c2ccccn2)CC1. The van der Waals surface area contributed by atoms with Crippen LogP contribution in [0.2, 0.25) is 0 Å². The Hall–Kier alpha value is -2.24. The summed E-state index contributed by atoms with van der Waals surface area (Å²) in [6.45, 7) is 0.808. The summed E-state index contributed by atoms with van der Waals surface area (Å²) in [4.78, 5) is 18.6. The van der Waals surface area contributed by atoms with E-state index in [4.69, 9.17) is 0 Å². The van der Waals surface area contributed by atoms with E-state index in [1.165, 1.54) is 0 Å². The van der Waals surface area contributed by atoms with Crippen molar-refractivity contribution in [1.29, 1.82) is 0 Å². The van der Waals surface area contributed by atoms with Crippen LogP contribution in [0.25, 0.3) is 0 Å². The highest BCUT2D eigenvalue weighted by molar-refractivity contribution is 5.95. The first kappa shape index (κ1) is 14.4. The number of pyridine rings is 1. The minimum atomic E-state index is -1.44. The van der Waals surface area contributed by atoms with Crippen molar-refractivity contribution >= 4 is 5.91 Å². The van der Waals surface area contributed by atoms with Crippen molar-refractivity contribution < 1.29 is 9.18 Å². The molecule has 23 heavy (non-hydrogen) atoms. The number of hydrogen-bond donors (Lipinski definition) is 1. The number of likely N-dealkylation sites (tertiary alicyclic amines) is 1. The predicted octanol–water partition coefficient (Wildman–Crippen LogP) is 2.78. The van der Waals surface area contributed by atoms with Crippen molar-refractivity contribution in [3.63, 3.8) is 0 Å². The summed E-state index contributed by atoms with van der Waals surface area (Å²) in [7, 11) is 0. The third-order valence-corrected chi connectivity index (χ3v) is 4.85. The van der Waals surface area contributed by atoms with Crippen LogP contribution in [-0.4, -0.2) is 39.1 Å². The van der Waals surface area contributed by atoms with Crippen molar-refractivity contribution in [2.75, 3.05) is 13.1 Å². The Bertz CT molecular complexity index is 702. The average Bonchev–Trinajstić information content (AvgIpc) is 3.32. The molecular weight excluding hydrogens is 295 g/mol. The number of amides is 1. The topological polar surface area (TPSA) is 61.9 Å². The van der Waals surface area contributed by atoms with Crippen LogP contribution in [0, 0.1) is 0 Å². The molecule has 1 aliphatic carbocycles. The van der Waals surface area contributed by atoms with Crippen LogP contribution in [0.1, 0.15) is 53.3 Å². The molecular formula is C17H19FN4O. The van der Waals surface area contributed by atoms with Gasteiger partial charge in [0.2, 0.25) is 0 Å². The lowest BCUT2D eigenvalue weighted by molar-refractivity contribution is 0.0402. The molecule has 3 heterocycles. The van der Waals surface area contributed by atoms with Gasteiger partial charge in [0.25, 0.3) is 5.91 Å². The summed E-state index contributed by atoms with van der Waals surface area (Å²) in [5, 5.41) is 6.97. The largest absolute Gasteiger partial charge is 0.338 e. The number of carbonyl (C=O) groups is 1. The van der Waals surface area contributed by atoms with E-state index in [0.29, 0.717) is 30.3 Å². The number of hydrogen-bond acceptors (Lipinski definition) is 3. The number of carbonyl (C=O) groups excluding carboxylic acids is 1. The van der Waals surface area contributed by atoms with Crippen molar-refractivity contribution in [1.82, 2.24) is 20.1 Å². The summed E-state index contributed by atoms with van der Waals surface area (Å²) in [6.07, 6.45) is 6.00. The number of aromatic nitrogens is 3. The highest BCUT2D eigenvalue weighted by Gasteiger charge is 2.40. The van der Waals surface area contributed by atoms with Crippen molar-refractivity contribution in [2.45, 2.75) is 37.3 Å². The van der Waals surface area contributed by atoms with Crippen LogP contribution >= 0.6 is 0 Å². The molecule has 5 nitrogen and oxygen atoms in total. The number of rotatable bonds is 3. The molecule has 1 aliphatic heterocycles. The number of H-pyrrole nitrogens is 1. The lowest BCUT2D eigenvalue weighted by Crippen LogP contribution is -2.43. The third-order valence-electron chi connectivity index (χ3n) is 4.85. The first-order valence-electron chi connectivity index (χ1n) is 8.10. The molecule has 2 aromatic heterocycles. The molecule has 1 amide bonds. The molecule has 0 radical (unpaired) electrons. The Morgan fingerprint density at radius 2 is 2.09 bits per heavy atom. The van der Waals surface area contributed by atoms with E-state index < -0.39 is 5.67 Å². The highest BCUT2D eigenvalue weighted by atomic mass is 19.1. The van der Waals surface area contributed by atoms with Crippen LogP contribution < -0.4 is 0 Å². The first-order valence-corrected chi connectivity index (χ1v) is 8.10. The summed E-state index contributed by atoms with van der Waals surface area (Å²) < 4.78 is 15.1. The molecule has 1 N–H and O–H groups in total. The summed E-state index contributed by atoms with van der Waals surface area (Å²) in [6, 6.07) is 5.30. The Balaban J connectivity index is 1.47. The van der Waals surface area contributed by atoms with Crippen molar-refractivity contribution in [3.8, 4) is 0 Å². The van der Waals surface area contributed by atoms with E-state index in [9.17, 15) is 4.79 Å². The molecule has 0 atom stereocenters. The summed E-state index contributed by atoms with van der Waals surface area (Å²) >= 11 is 0. The smallest absolute Gasteiger partial charge is 0.257 e. The minimum absolute atomic E-state index is 0.0382. The van der Waals surface area contributed by atoms with Gasteiger partial charge >= 0.3 is 0 Å². The number of halogens is 1. The number of alkyl halides is 1. The molecule has 6 heteroatoms. The molecule has 2 fully saturated rings. The molecule has 0 unspecified atom stereocenters. The normalized spacial score (nSPS) is 20.5. The van der Waals surface area contributed by atoms with Gasteiger partial charge in [-0.2, -0.15) is 5.10 Å². The maximum absolute atomic E-state index is 15.1. The zero-order chi connectivity index (χ0) is 15.9. The predicted molar refractivity (Wildman–Crippen MR) is 82.7 cm³/mol. The Labute approximate surface area is 133 Å². The molecule has 4 rings (SSSR count). The summed E-state index contributed by atoms with van der Waals surface area (Å²) in [5.41, 5.74) is 0.621. The fraction of sp³-hybridized carbons (Fsp3) is 0.471. The van der Waals surface area contributed by atoms with Crippen LogP contribution in [0.15, 0.2) is 30.6 Å². The maximum atomic E-state index is 15.1.